The number of fused-ring (bicyclic) bond motifs is 1. The zero-order valence-corrected chi connectivity index (χ0v) is 11.5. The minimum atomic E-state index is 0.237. The normalized spacial score (nSPS) is 11.6. The van der Waals surface area contributed by atoms with Crippen molar-refractivity contribution >= 4 is 11.5 Å². The number of rotatable bonds is 6. The van der Waals surface area contributed by atoms with E-state index in [1.54, 1.807) is 0 Å². The highest BCUT2D eigenvalue weighted by Crippen LogP contribution is 2.10. The van der Waals surface area contributed by atoms with Gasteiger partial charge in [0.1, 0.15) is 5.65 Å². The fourth-order valence-corrected chi connectivity index (χ4v) is 2.06. The number of imidazole rings is 1. The molecule has 5 heteroatoms. The van der Waals surface area contributed by atoms with E-state index in [-0.39, 0.29) is 5.84 Å². The van der Waals surface area contributed by atoms with E-state index in [1.807, 2.05) is 28.8 Å². The second kappa shape index (κ2) is 5.84. The fraction of sp³-hybridized carbons (Fsp3) is 0.429. The average Bonchev–Trinajstić information content (AvgIpc) is 2.76. The van der Waals surface area contributed by atoms with Gasteiger partial charge >= 0.3 is 0 Å². The summed E-state index contributed by atoms with van der Waals surface area (Å²) in [5.74, 6) is 0.237. The summed E-state index contributed by atoms with van der Waals surface area (Å²) < 4.78 is 2.03. The third-order valence-electron chi connectivity index (χ3n) is 3.18. The van der Waals surface area contributed by atoms with Gasteiger partial charge in [0.25, 0.3) is 0 Å². The molecule has 0 amide bonds. The molecule has 0 aliphatic rings. The van der Waals surface area contributed by atoms with Crippen LogP contribution in [0.1, 0.15) is 26.0 Å². The lowest BCUT2D eigenvalue weighted by molar-refractivity contribution is 0.216. The molecule has 0 saturated carbocycles. The van der Waals surface area contributed by atoms with Gasteiger partial charge in [-0.3, -0.25) is 10.3 Å². The Kier molecular flexibility index (Phi) is 4.16. The number of amidine groups is 1. The SMILES string of the molecule is CC(C)N(CCC(=N)N)Cc1cn2ccccc2n1. The molecule has 0 atom stereocenters. The maximum atomic E-state index is 7.33. The quantitative estimate of drug-likeness (QED) is 0.614. The highest BCUT2D eigenvalue weighted by Gasteiger charge is 2.12. The lowest BCUT2D eigenvalue weighted by atomic mass is 10.2. The van der Waals surface area contributed by atoms with E-state index in [2.05, 4.69) is 29.9 Å². The number of pyridine rings is 1. The van der Waals surface area contributed by atoms with Crippen molar-refractivity contribution in [3.63, 3.8) is 0 Å². The zero-order valence-electron chi connectivity index (χ0n) is 11.5. The Morgan fingerprint density at radius 1 is 1.47 bits per heavy atom. The first kappa shape index (κ1) is 13.5. The minimum absolute atomic E-state index is 0.237. The van der Waals surface area contributed by atoms with E-state index >= 15 is 0 Å². The van der Waals surface area contributed by atoms with Gasteiger partial charge < -0.3 is 10.1 Å². The van der Waals surface area contributed by atoms with Crippen molar-refractivity contribution in [2.24, 2.45) is 5.73 Å². The van der Waals surface area contributed by atoms with Crippen LogP contribution in [0.15, 0.2) is 30.6 Å². The third kappa shape index (κ3) is 3.54. The first-order valence-electron chi connectivity index (χ1n) is 6.56. The van der Waals surface area contributed by atoms with Gasteiger partial charge in [-0.15, -0.1) is 0 Å². The van der Waals surface area contributed by atoms with Gasteiger partial charge in [0, 0.05) is 37.9 Å². The van der Waals surface area contributed by atoms with Crippen molar-refractivity contribution in [1.82, 2.24) is 14.3 Å². The van der Waals surface area contributed by atoms with Gasteiger partial charge in [-0.2, -0.15) is 0 Å². The Labute approximate surface area is 113 Å². The lowest BCUT2D eigenvalue weighted by Crippen LogP contribution is -2.33. The molecule has 0 bridgehead atoms. The summed E-state index contributed by atoms with van der Waals surface area (Å²) in [5.41, 5.74) is 7.44. The summed E-state index contributed by atoms with van der Waals surface area (Å²) in [7, 11) is 0. The Bertz CT molecular complexity index is 525. The average molecular weight is 259 g/mol. The number of nitrogens with zero attached hydrogens (tertiary/aromatic N) is 3. The van der Waals surface area contributed by atoms with Gasteiger partial charge in [0.15, 0.2) is 0 Å². The number of hydrogen-bond donors (Lipinski definition) is 2. The topological polar surface area (TPSA) is 70.4 Å². The monoisotopic (exact) mass is 259 g/mol. The smallest absolute Gasteiger partial charge is 0.137 e. The molecule has 0 unspecified atom stereocenters. The molecule has 0 aliphatic heterocycles. The molecular formula is C14H21N5. The van der Waals surface area contributed by atoms with E-state index in [9.17, 15) is 0 Å². The van der Waals surface area contributed by atoms with Gasteiger partial charge in [-0.05, 0) is 26.0 Å². The molecule has 5 nitrogen and oxygen atoms in total. The summed E-state index contributed by atoms with van der Waals surface area (Å²) in [5, 5.41) is 7.33. The van der Waals surface area contributed by atoms with E-state index in [0.717, 1.165) is 24.4 Å². The molecule has 2 heterocycles. The minimum Gasteiger partial charge on any atom is -0.388 e. The van der Waals surface area contributed by atoms with Gasteiger partial charge in [-0.25, -0.2) is 4.98 Å². The maximum Gasteiger partial charge on any atom is 0.137 e. The van der Waals surface area contributed by atoms with E-state index in [4.69, 9.17) is 11.1 Å². The standard InChI is InChI=1S/C14H21N5/c1-11(2)18(8-6-13(15)16)9-12-10-19-7-4-3-5-14(19)17-12/h3-5,7,10-11H,6,8-9H2,1-2H3,(H3,15,16). The predicted octanol–water partition coefficient (Wildman–Crippen LogP) is 1.87. The van der Waals surface area contributed by atoms with E-state index in [0.29, 0.717) is 12.5 Å². The molecule has 0 aromatic carbocycles. The van der Waals surface area contributed by atoms with Gasteiger partial charge in [0.05, 0.1) is 11.5 Å². The summed E-state index contributed by atoms with van der Waals surface area (Å²) in [6.07, 6.45) is 4.66. The fourth-order valence-electron chi connectivity index (χ4n) is 2.06. The van der Waals surface area contributed by atoms with Gasteiger partial charge in [-0.1, -0.05) is 6.07 Å². The molecule has 0 radical (unpaired) electrons. The largest absolute Gasteiger partial charge is 0.388 e. The summed E-state index contributed by atoms with van der Waals surface area (Å²) >= 11 is 0. The number of nitrogens with one attached hydrogen (secondary N) is 1. The molecule has 0 aliphatic carbocycles. The second-order valence-corrected chi connectivity index (χ2v) is 5.04. The number of hydrogen-bond acceptors (Lipinski definition) is 3. The zero-order chi connectivity index (χ0) is 13.8. The third-order valence-corrected chi connectivity index (χ3v) is 3.18. The lowest BCUT2D eigenvalue weighted by Gasteiger charge is -2.25. The van der Waals surface area contributed by atoms with Crippen LogP contribution in [0, 0.1) is 5.41 Å². The Morgan fingerprint density at radius 3 is 2.89 bits per heavy atom. The van der Waals surface area contributed by atoms with Crippen molar-refractivity contribution in [3.05, 3.63) is 36.3 Å². The molecule has 0 saturated heterocycles. The second-order valence-electron chi connectivity index (χ2n) is 5.04. The molecule has 2 aromatic rings. The van der Waals surface area contributed by atoms with Crippen LogP contribution < -0.4 is 5.73 Å². The molecule has 2 aromatic heterocycles. The molecule has 2 rings (SSSR count). The highest BCUT2D eigenvalue weighted by atomic mass is 15.2. The van der Waals surface area contributed by atoms with Crippen molar-refractivity contribution in [1.29, 1.82) is 5.41 Å². The van der Waals surface area contributed by atoms with E-state index in [1.165, 1.54) is 0 Å². The van der Waals surface area contributed by atoms with Crippen LogP contribution in [-0.2, 0) is 6.54 Å². The predicted molar refractivity (Wildman–Crippen MR) is 77.3 cm³/mol. The van der Waals surface area contributed by atoms with Crippen LogP contribution in [0.2, 0.25) is 0 Å². The van der Waals surface area contributed by atoms with Crippen LogP contribution in [0.4, 0.5) is 0 Å². The van der Waals surface area contributed by atoms with Crippen molar-refractivity contribution in [2.75, 3.05) is 6.54 Å². The Balaban J connectivity index is 2.09. The summed E-state index contributed by atoms with van der Waals surface area (Å²) in [4.78, 5) is 6.88. The summed E-state index contributed by atoms with van der Waals surface area (Å²) in [6.45, 7) is 5.87. The molecule has 3 N–H and O–H groups in total. The molecular weight excluding hydrogens is 238 g/mol. The molecule has 19 heavy (non-hydrogen) atoms. The van der Waals surface area contributed by atoms with Crippen molar-refractivity contribution in [3.8, 4) is 0 Å². The van der Waals surface area contributed by atoms with Crippen LogP contribution in [-0.4, -0.2) is 32.7 Å². The first-order chi connectivity index (χ1) is 9.06. The van der Waals surface area contributed by atoms with Gasteiger partial charge in [0.2, 0.25) is 0 Å². The maximum absolute atomic E-state index is 7.33. The Morgan fingerprint density at radius 2 is 2.26 bits per heavy atom. The highest BCUT2D eigenvalue weighted by molar-refractivity contribution is 5.76. The van der Waals surface area contributed by atoms with E-state index < -0.39 is 0 Å². The van der Waals surface area contributed by atoms with Crippen LogP contribution in [0.25, 0.3) is 5.65 Å². The van der Waals surface area contributed by atoms with Crippen LogP contribution in [0.3, 0.4) is 0 Å². The Hall–Kier alpha value is -1.88. The summed E-state index contributed by atoms with van der Waals surface area (Å²) in [6, 6.07) is 6.39. The molecule has 0 spiro atoms. The number of nitrogens with two attached hydrogens (primary N) is 1. The van der Waals surface area contributed by atoms with Crippen molar-refractivity contribution < 1.29 is 0 Å². The van der Waals surface area contributed by atoms with Crippen LogP contribution >= 0.6 is 0 Å². The van der Waals surface area contributed by atoms with Crippen LogP contribution in [0.5, 0.6) is 0 Å². The number of aromatic nitrogens is 2. The molecule has 0 fully saturated rings. The van der Waals surface area contributed by atoms with Crippen molar-refractivity contribution in [2.45, 2.75) is 32.9 Å². The first-order valence-corrected chi connectivity index (χ1v) is 6.56. The molecule has 102 valence electrons.